The quantitative estimate of drug-likeness (QED) is 0.781. The molecule has 0 radical (unpaired) electrons. The lowest BCUT2D eigenvalue weighted by atomic mass is 10.2. The molecule has 7 nitrogen and oxygen atoms in total. The molecule has 27 heavy (non-hydrogen) atoms. The summed E-state index contributed by atoms with van der Waals surface area (Å²) in [6.45, 7) is 1.93. The van der Waals surface area contributed by atoms with E-state index in [2.05, 4.69) is 11.0 Å². The molecule has 1 fully saturated rings. The zero-order chi connectivity index (χ0) is 19.4. The van der Waals surface area contributed by atoms with Crippen molar-refractivity contribution in [3.05, 3.63) is 48.0 Å². The van der Waals surface area contributed by atoms with Crippen molar-refractivity contribution in [2.45, 2.75) is 4.90 Å². The highest BCUT2D eigenvalue weighted by molar-refractivity contribution is 7.89. The second-order valence-corrected chi connectivity index (χ2v) is 8.00. The Bertz CT molecular complexity index is 944. The smallest absolute Gasteiger partial charge is 0.243 e. The van der Waals surface area contributed by atoms with Crippen molar-refractivity contribution in [2.24, 2.45) is 0 Å². The molecule has 8 heteroatoms. The number of nitrogens with zero attached hydrogens (tertiary/aromatic N) is 3. The lowest BCUT2D eigenvalue weighted by molar-refractivity contribution is 0.353. The third kappa shape index (κ3) is 3.84. The van der Waals surface area contributed by atoms with Crippen LogP contribution in [0.1, 0.15) is 5.56 Å². The number of ether oxygens (including phenoxy) is 2. The van der Waals surface area contributed by atoms with Gasteiger partial charge in [-0.1, -0.05) is 0 Å². The first kappa shape index (κ1) is 19.0. The van der Waals surface area contributed by atoms with Crippen LogP contribution >= 0.6 is 0 Å². The molecule has 2 aromatic carbocycles. The molecule has 2 aromatic rings. The third-order valence-electron chi connectivity index (χ3n) is 4.59. The van der Waals surface area contributed by atoms with E-state index >= 15 is 0 Å². The molecule has 1 heterocycles. The Morgan fingerprint density at radius 2 is 1.56 bits per heavy atom. The molecule has 0 atom stereocenters. The fourth-order valence-electron chi connectivity index (χ4n) is 3.06. The number of hydrogen-bond donors (Lipinski definition) is 0. The number of anilines is 1. The van der Waals surface area contributed by atoms with E-state index in [-0.39, 0.29) is 4.90 Å². The summed E-state index contributed by atoms with van der Waals surface area (Å²) >= 11 is 0. The van der Waals surface area contributed by atoms with Gasteiger partial charge in [-0.05, 0) is 36.4 Å². The maximum atomic E-state index is 13.0. The first-order valence-electron chi connectivity index (χ1n) is 8.47. The van der Waals surface area contributed by atoms with Crippen LogP contribution in [0, 0.1) is 11.3 Å². The van der Waals surface area contributed by atoms with Gasteiger partial charge < -0.3 is 14.4 Å². The number of nitriles is 1. The number of hydrogen-bond acceptors (Lipinski definition) is 6. The second-order valence-electron chi connectivity index (χ2n) is 6.07. The summed E-state index contributed by atoms with van der Waals surface area (Å²) < 4.78 is 37.8. The minimum Gasteiger partial charge on any atom is -0.493 e. The van der Waals surface area contributed by atoms with Crippen LogP contribution in [0.3, 0.4) is 0 Å². The monoisotopic (exact) mass is 387 g/mol. The molecule has 0 amide bonds. The predicted octanol–water partition coefficient (Wildman–Crippen LogP) is 2.09. The summed E-state index contributed by atoms with van der Waals surface area (Å²) in [5.41, 5.74) is 1.59. The predicted molar refractivity (Wildman–Crippen MR) is 102 cm³/mol. The summed E-state index contributed by atoms with van der Waals surface area (Å²) in [6.07, 6.45) is 0. The van der Waals surface area contributed by atoms with Gasteiger partial charge in [-0.3, -0.25) is 0 Å². The lowest BCUT2D eigenvalue weighted by Crippen LogP contribution is -2.48. The fourth-order valence-corrected chi connectivity index (χ4v) is 4.50. The van der Waals surface area contributed by atoms with Gasteiger partial charge in [0, 0.05) is 37.9 Å². The molecule has 0 unspecified atom stereocenters. The SMILES string of the molecule is COc1ccc(S(=O)(=O)N2CCN(c3ccc(C#N)cc3)CC2)cc1OC. The average Bonchev–Trinajstić information content (AvgIpc) is 2.73. The Kier molecular flexibility index (Phi) is 5.54. The van der Waals surface area contributed by atoms with E-state index in [0.29, 0.717) is 43.2 Å². The summed E-state index contributed by atoms with van der Waals surface area (Å²) in [4.78, 5) is 2.30. The minimum atomic E-state index is -3.61. The van der Waals surface area contributed by atoms with Crippen LogP contribution < -0.4 is 14.4 Å². The van der Waals surface area contributed by atoms with E-state index in [1.54, 1.807) is 18.2 Å². The standard InChI is InChI=1S/C19H21N3O4S/c1-25-18-8-7-17(13-19(18)26-2)27(23,24)22-11-9-21(10-12-22)16-5-3-15(14-20)4-6-16/h3-8,13H,9-12H2,1-2H3. The van der Waals surface area contributed by atoms with Gasteiger partial charge in [-0.25, -0.2) is 8.42 Å². The van der Waals surface area contributed by atoms with Crippen LogP contribution in [-0.4, -0.2) is 53.1 Å². The van der Waals surface area contributed by atoms with Crippen LogP contribution in [0.4, 0.5) is 5.69 Å². The molecule has 1 aliphatic heterocycles. The van der Waals surface area contributed by atoms with Crippen molar-refractivity contribution < 1.29 is 17.9 Å². The van der Waals surface area contributed by atoms with Crippen LogP contribution in [0.2, 0.25) is 0 Å². The van der Waals surface area contributed by atoms with Crippen LogP contribution in [0.5, 0.6) is 11.5 Å². The topological polar surface area (TPSA) is 82.9 Å². The summed E-state index contributed by atoms with van der Waals surface area (Å²) in [5.74, 6) is 0.872. The third-order valence-corrected chi connectivity index (χ3v) is 6.49. The van der Waals surface area contributed by atoms with E-state index in [4.69, 9.17) is 14.7 Å². The Morgan fingerprint density at radius 3 is 2.11 bits per heavy atom. The Hall–Kier alpha value is -2.76. The summed E-state index contributed by atoms with van der Waals surface area (Å²) in [7, 11) is -0.623. The van der Waals surface area contributed by atoms with Crippen molar-refractivity contribution in [1.82, 2.24) is 4.31 Å². The molecular weight excluding hydrogens is 366 g/mol. The van der Waals surface area contributed by atoms with Gasteiger partial charge in [0.25, 0.3) is 0 Å². The van der Waals surface area contributed by atoms with Gasteiger partial charge in [-0.15, -0.1) is 0 Å². The summed E-state index contributed by atoms with van der Waals surface area (Å²) in [6, 6.07) is 14.0. The summed E-state index contributed by atoms with van der Waals surface area (Å²) in [5, 5.41) is 8.89. The Labute approximate surface area is 159 Å². The Balaban J connectivity index is 1.73. The van der Waals surface area contributed by atoms with Gasteiger partial charge >= 0.3 is 0 Å². The van der Waals surface area contributed by atoms with Crippen molar-refractivity contribution in [3.8, 4) is 17.6 Å². The molecule has 0 bridgehead atoms. The lowest BCUT2D eigenvalue weighted by Gasteiger charge is -2.35. The van der Waals surface area contributed by atoms with E-state index < -0.39 is 10.0 Å². The first-order chi connectivity index (χ1) is 13.0. The molecule has 0 aromatic heterocycles. The van der Waals surface area contributed by atoms with E-state index in [1.807, 2.05) is 12.1 Å². The maximum absolute atomic E-state index is 13.0. The normalized spacial score (nSPS) is 15.2. The van der Waals surface area contributed by atoms with Crippen LogP contribution in [0.25, 0.3) is 0 Å². The Morgan fingerprint density at radius 1 is 0.926 bits per heavy atom. The number of benzene rings is 2. The van der Waals surface area contributed by atoms with E-state index in [0.717, 1.165) is 5.69 Å². The minimum absolute atomic E-state index is 0.187. The molecular formula is C19H21N3O4S. The zero-order valence-corrected chi connectivity index (χ0v) is 16.1. The number of rotatable bonds is 5. The molecule has 1 saturated heterocycles. The van der Waals surface area contributed by atoms with Crippen molar-refractivity contribution in [3.63, 3.8) is 0 Å². The second kappa shape index (κ2) is 7.86. The number of methoxy groups -OCH3 is 2. The number of sulfonamides is 1. The van der Waals surface area contributed by atoms with E-state index in [1.165, 1.54) is 30.7 Å². The molecule has 0 saturated carbocycles. The van der Waals surface area contributed by atoms with Gasteiger partial charge in [0.1, 0.15) is 0 Å². The first-order valence-corrected chi connectivity index (χ1v) is 9.91. The van der Waals surface area contributed by atoms with Crippen molar-refractivity contribution >= 4 is 15.7 Å². The van der Waals surface area contributed by atoms with Gasteiger partial charge in [0.15, 0.2) is 11.5 Å². The van der Waals surface area contributed by atoms with Gasteiger partial charge in [0.2, 0.25) is 10.0 Å². The van der Waals surface area contributed by atoms with Gasteiger partial charge in [-0.2, -0.15) is 9.57 Å². The molecule has 1 aliphatic rings. The van der Waals surface area contributed by atoms with E-state index in [9.17, 15) is 8.42 Å². The molecule has 0 aliphatic carbocycles. The molecule has 0 N–H and O–H groups in total. The maximum Gasteiger partial charge on any atom is 0.243 e. The largest absolute Gasteiger partial charge is 0.493 e. The fraction of sp³-hybridized carbons (Fsp3) is 0.316. The molecule has 142 valence electrons. The highest BCUT2D eigenvalue weighted by atomic mass is 32.2. The average molecular weight is 387 g/mol. The zero-order valence-electron chi connectivity index (χ0n) is 15.3. The van der Waals surface area contributed by atoms with Crippen LogP contribution in [-0.2, 0) is 10.0 Å². The highest BCUT2D eigenvalue weighted by Crippen LogP contribution is 2.31. The van der Waals surface area contributed by atoms with Gasteiger partial charge in [0.05, 0.1) is 30.7 Å². The molecule has 0 spiro atoms. The van der Waals surface area contributed by atoms with Crippen molar-refractivity contribution in [2.75, 3.05) is 45.3 Å². The number of piperazine rings is 1. The van der Waals surface area contributed by atoms with Crippen LogP contribution in [0.15, 0.2) is 47.4 Å². The highest BCUT2D eigenvalue weighted by Gasteiger charge is 2.29. The van der Waals surface area contributed by atoms with Crippen molar-refractivity contribution in [1.29, 1.82) is 5.26 Å². The molecule has 3 rings (SSSR count).